The summed E-state index contributed by atoms with van der Waals surface area (Å²) < 4.78 is 28.0. The summed E-state index contributed by atoms with van der Waals surface area (Å²) in [5.74, 6) is 1.15. The van der Waals surface area contributed by atoms with Crippen molar-refractivity contribution >= 4 is 45.0 Å². The number of halogens is 1. The first kappa shape index (κ1) is 22.4. The average molecular weight is 465 g/mol. The molecule has 0 unspecified atom stereocenters. The highest BCUT2D eigenvalue weighted by Gasteiger charge is 2.17. The second-order valence-corrected chi connectivity index (χ2v) is 9.55. The maximum Gasteiger partial charge on any atom is 0.263 e. The lowest BCUT2D eigenvalue weighted by molar-refractivity contribution is 0.281. The molecular weight excluding hydrogens is 444 g/mol. The van der Waals surface area contributed by atoms with E-state index >= 15 is 0 Å². The van der Waals surface area contributed by atoms with E-state index in [1.165, 1.54) is 30.0 Å². The lowest BCUT2D eigenvalue weighted by Gasteiger charge is -2.14. The number of benzene rings is 2. The molecule has 30 heavy (non-hydrogen) atoms. The minimum atomic E-state index is -3.88. The Kier molecular flexibility index (Phi) is 7.54. The van der Waals surface area contributed by atoms with Crippen LogP contribution in [0.5, 0.6) is 0 Å². The molecule has 3 aromatic rings. The van der Waals surface area contributed by atoms with Crippen LogP contribution in [0.2, 0.25) is 5.02 Å². The van der Waals surface area contributed by atoms with Gasteiger partial charge in [-0.25, -0.2) is 18.4 Å². The number of hydrogen-bond donors (Lipinski definition) is 3. The summed E-state index contributed by atoms with van der Waals surface area (Å²) in [6, 6.07) is 17.0. The van der Waals surface area contributed by atoms with Gasteiger partial charge in [-0.1, -0.05) is 59.8 Å². The molecule has 0 fully saturated rings. The van der Waals surface area contributed by atoms with Crippen LogP contribution < -0.4 is 10.0 Å². The van der Waals surface area contributed by atoms with Crippen molar-refractivity contribution in [2.45, 2.75) is 28.8 Å². The van der Waals surface area contributed by atoms with Crippen LogP contribution in [0, 0.1) is 0 Å². The molecule has 10 heteroatoms. The van der Waals surface area contributed by atoms with Crippen molar-refractivity contribution in [3.05, 3.63) is 71.2 Å². The fraction of sp³-hybridized carbons (Fsp3) is 0.200. The molecule has 0 bridgehead atoms. The molecule has 0 aliphatic carbocycles. The Morgan fingerprint density at radius 3 is 2.50 bits per heavy atom. The molecule has 3 N–H and O–H groups in total. The molecule has 0 saturated carbocycles. The van der Waals surface area contributed by atoms with E-state index in [4.69, 9.17) is 11.6 Å². The normalized spacial score (nSPS) is 12.4. The smallest absolute Gasteiger partial charge is 0.263 e. The van der Waals surface area contributed by atoms with Gasteiger partial charge in [-0.2, -0.15) is 0 Å². The molecule has 3 rings (SSSR count). The zero-order valence-corrected chi connectivity index (χ0v) is 18.5. The third-order valence-electron chi connectivity index (χ3n) is 3.93. The van der Waals surface area contributed by atoms with Crippen LogP contribution in [0.15, 0.2) is 70.7 Å². The molecule has 0 aliphatic rings. The van der Waals surface area contributed by atoms with Gasteiger partial charge >= 0.3 is 0 Å². The number of nitrogens with zero attached hydrogens (tertiary/aromatic N) is 2. The molecule has 2 aromatic carbocycles. The van der Waals surface area contributed by atoms with Crippen molar-refractivity contribution in [2.75, 3.05) is 16.6 Å². The summed E-state index contributed by atoms with van der Waals surface area (Å²) in [6.07, 6.45) is 0. The average Bonchev–Trinajstić information content (AvgIpc) is 2.72. The van der Waals surface area contributed by atoms with E-state index in [9.17, 15) is 13.5 Å². The first-order valence-electron chi connectivity index (χ1n) is 9.07. The van der Waals surface area contributed by atoms with Crippen molar-refractivity contribution in [1.82, 2.24) is 9.97 Å². The number of rotatable bonds is 9. The highest BCUT2D eigenvalue weighted by Crippen LogP contribution is 2.25. The zero-order chi connectivity index (χ0) is 21.6. The lowest BCUT2D eigenvalue weighted by atomic mass is 10.2. The van der Waals surface area contributed by atoms with Crippen molar-refractivity contribution in [2.24, 2.45) is 0 Å². The molecule has 158 valence electrons. The highest BCUT2D eigenvalue weighted by atomic mass is 35.5. The Morgan fingerprint density at radius 1 is 1.07 bits per heavy atom. The molecule has 1 aromatic heterocycles. The standard InChI is InChI=1S/C20H21ClN4O3S2/c1-14(12-26)22-18-11-19(25-30(27,28)17-9-5-8-16(21)10-17)24-20(23-18)29-13-15-6-3-2-4-7-15/h2-11,14,26H,12-13H2,1H3,(H2,22,23,24,25)/t14-/m1/s1. The Balaban J connectivity index is 1.87. The third kappa shape index (κ3) is 6.33. The number of aliphatic hydroxyl groups is 1. The fourth-order valence-corrected chi connectivity index (χ4v) is 4.57. The summed E-state index contributed by atoms with van der Waals surface area (Å²) in [4.78, 5) is 8.80. The number of aromatic nitrogens is 2. The second-order valence-electron chi connectivity index (χ2n) is 6.49. The third-order valence-corrected chi connectivity index (χ3v) is 6.44. The van der Waals surface area contributed by atoms with E-state index in [-0.39, 0.29) is 23.4 Å². The first-order chi connectivity index (χ1) is 14.4. The molecule has 0 radical (unpaired) electrons. The molecule has 0 aliphatic heterocycles. The quantitative estimate of drug-likeness (QED) is 0.324. The fourth-order valence-electron chi connectivity index (χ4n) is 2.47. The molecule has 0 saturated heterocycles. The van der Waals surface area contributed by atoms with Crippen LogP contribution in [0.4, 0.5) is 11.6 Å². The van der Waals surface area contributed by atoms with Gasteiger partial charge in [0.15, 0.2) is 5.16 Å². The minimum Gasteiger partial charge on any atom is -0.394 e. The molecule has 1 atom stereocenters. The van der Waals surface area contributed by atoms with Crippen molar-refractivity contribution in [3.63, 3.8) is 0 Å². The summed E-state index contributed by atoms with van der Waals surface area (Å²) >= 11 is 7.30. The Morgan fingerprint density at radius 2 is 1.80 bits per heavy atom. The monoisotopic (exact) mass is 464 g/mol. The van der Waals surface area contributed by atoms with Gasteiger partial charge in [-0.05, 0) is 30.7 Å². The largest absolute Gasteiger partial charge is 0.394 e. The first-order valence-corrected chi connectivity index (χ1v) is 11.9. The van der Waals surface area contributed by atoms with Crippen molar-refractivity contribution in [3.8, 4) is 0 Å². The molecule has 1 heterocycles. The molecule has 7 nitrogen and oxygen atoms in total. The second kappa shape index (κ2) is 10.1. The van der Waals surface area contributed by atoms with Crippen LogP contribution in [-0.2, 0) is 15.8 Å². The van der Waals surface area contributed by atoms with Gasteiger partial charge < -0.3 is 10.4 Å². The number of nitrogens with one attached hydrogen (secondary N) is 2. The van der Waals surface area contributed by atoms with E-state index in [1.807, 2.05) is 30.3 Å². The highest BCUT2D eigenvalue weighted by molar-refractivity contribution is 7.98. The predicted octanol–water partition coefficient (Wildman–Crippen LogP) is 4.02. The van der Waals surface area contributed by atoms with Crippen LogP contribution in [0.1, 0.15) is 12.5 Å². The zero-order valence-electron chi connectivity index (χ0n) is 16.1. The maximum absolute atomic E-state index is 12.7. The Hall–Kier alpha value is -2.33. The number of hydrogen-bond acceptors (Lipinski definition) is 7. The molecule has 0 spiro atoms. The summed E-state index contributed by atoms with van der Waals surface area (Å²) in [5.41, 5.74) is 1.09. The number of thioether (sulfide) groups is 1. The van der Waals surface area contributed by atoms with Gasteiger partial charge in [0, 0.05) is 22.9 Å². The van der Waals surface area contributed by atoms with Crippen LogP contribution in [-0.4, -0.2) is 36.1 Å². The van der Waals surface area contributed by atoms with E-state index in [0.29, 0.717) is 21.7 Å². The summed E-state index contributed by atoms with van der Waals surface area (Å²) in [5, 5.41) is 13.1. The van der Waals surface area contributed by atoms with E-state index in [0.717, 1.165) is 5.56 Å². The summed E-state index contributed by atoms with van der Waals surface area (Å²) in [6.45, 7) is 1.69. The van der Waals surface area contributed by atoms with E-state index < -0.39 is 10.0 Å². The van der Waals surface area contributed by atoms with E-state index in [2.05, 4.69) is 20.0 Å². The van der Waals surface area contributed by atoms with Gasteiger partial charge in [-0.15, -0.1) is 0 Å². The number of sulfonamides is 1. The Labute approximate surface area is 185 Å². The SMILES string of the molecule is C[C@H](CO)Nc1cc(NS(=O)(=O)c2cccc(Cl)c2)nc(SCc2ccccc2)n1. The molecule has 0 amide bonds. The van der Waals surface area contributed by atoms with Crippen LogP contribution >= 0.6 is 23.4 Å². The summed E-state index contributed by atoms with van der Waals surface area (Å²) in [7, 11) is -3.88. The number of anilines is 2. The maximum atomic E-state index is 12.7. The number of aliphatic hydroxyl groups excluding tert-OH is 1. The van der Waals surface area contributed by atoms with Gasteiger partial charge in [0.25, 0.3) is 10.0 Å². The minimum absolute atomic E-state index is 0.0327. The van der Waals surface area contributed by atoms with Crippen molar-refractivity contribution < 1.29 is 13.5 Å². The van der Waals surface area contributed by atoms with Gasteiger partial charge in [0.1, 0.15) is 11.6 Å². The lowest BCUT2D eigenvalue weighted by Crippen LogP contribution is -2.21. The van der Waals surface area contributed by atoms with Gasteiger partial charge in [0.2, 0.25) is 0 Å². The topological polar surface area (TPSA) is 104 Å². The Bertz CT molecular complexity index is 1100. The van der Waals surface area contributed by atoms with Crippen LogP contribution in [0.3, 0.4) is 0 Å². The predicted molar refractivity (Wildman–Crippen MR) is 120 cm³/mol. The van der Waals surface area contributed by atoms with Gasteiger partial charge in [0.05, 0.1) is 11.5 Å². The van der Waals surface area contributed by atoms with E-state index in [1.54, 1.807) is 19.1 Å². The van der Waals surface area contributed by atoms with Crippen molar-refractivity contribution in [1.29, 1.82) is 0 Å². The molecular formula is C20H21ClN4O3S2. The van der Waals surface area contributed by atoms with Crippen LogP contribution in [0.25, 0.3) is 0 Å². The van der Waals surface area contributed by atoms with Gasteiger partial charge in [-0.3, -0.25) is 4.72 Å².